The molecule has 0 radical (unpaired) electrons. The van der Waals surface area contributed by atoms with Gasteiger partial charge >= 0.3 is 0 Å². The Morgan fingerprint density at radius 3 is 2.66 bits per heavy atom. The van der Waals surface area contributed by atoms with E-state index in [1.165, 1.54) is 21.4 Å². The molecule has 1 amide bonds. The van der Waals surface area contributed by atoms with Crippen molar-refractivity contribution in [2.75, 3.05) is 11.9 Å². The van der Waals surface area contributed by atoms with Crippen molar-refractivity contribution >= 4 is 51.7 Å². The van der Waals surface area contributed by atoms with Gasteiger partial charge in [0.2, 0.25) is 0 Å². The molecule has 3 heterocycles. The van der Waals surface area contributed by atoms with Gasteiger partial charge in [0, 0.05) is 12.7 Å². The van der Waals surface area contributed by atoms with Crippen LogP contribution in [0, 0.1) is 11.7 Å². The third-order valence-corrected chi connectivity index (χ3v) is 6.23. The fourth-order valence-electron chi connectivity index (χ4n) is 3.21. The van der Waals surface area contributed by atoms with Gasteiger partial charge in [0.1, 0.15) is 21.6 Å². The van der Waals surface area contributed by atoms with Crippen LogP contribution in [0.5, 0.6) is 0 Å². The van der Waals surface area contributed by atoms with Gasteiger partial charge in [-0.25, -0.2) is 9.37 Å². The second-order valence-electron chi connectivity index (χ2n) is 7.78. The average molecular weight is 469 g/mol. The predicted molar refractivity (Wildman–Crippen MR) is 130 cm³/mol. The van der Waals surface area contributed by atoms with Crippen molar-refractivity contribution in [3.8, 4) is 0 Å². The maximum Gasteiger partial charge on any atom is 0.267 e. The molecule has 0 aliphatic carbocycles. The van der Waals surface area contributed by atoms with Crippen LogP contribution in [0.1, 0.15) is 25.0 Å². The Hall–Kier alpha value is -3.04. The van der Waals surface area contributed by atoms with Gasteiger partial charge in [0.25, 0.3) is 11.5 Å². The van der Waals surface area contributed by atoms with E-state index >= 15 is 0 Å². The molecule has 164 valence electrons. The van der Waals surface area contributed by atoms with Crippen LogP contribution in [0.3, 0.4) is 0 Å². The summed E-state index contributed by atoms with van der Waals surface area (Å²) in [6.07, 6.45) is 3.20. The maximum absolute atomic E-state index is 13.2. The van der Waals surface area contributed by atoms with Gasteiger partial charge in [0.15, 0.2) is 0 Å². The molecule has 1 fully saturated rings. The summed E-state index contributed by atoms with van der Waals surface area (Å²) in [5, 5.41) is 3.23. The fraction of sp³-hybridized carbons (Fsp3) is 0.217. The van der Waals surface area contributed by atoms with Crippen LogP contribution in [0.2, 0.25) is 0 Å². The number of pyridine rings is 1. The molecule has 32 heavy (non-hydrogen) atoms. The molecule has 6 nitrogen and oxygen atoms in total. The Labute approximate surface area is 194 Å². The molecule has 0 saturated carbocycles. The highest BCUT2D eigenvalue weighted by atomic mass is 32.2. The standard InChI is InChI=1S/C23H21FN4O2S2/c1-14(2)12-25-20-17(21(29)27-10-4-3-5-19(27)26-20)11-18-22(30)28(23(31)32-18)13-15-6-8-16(24)9-7-15/h3-11,14,25H,12-13H2,1-2H3/b18-11-. The first-order valence-corrected chi connectivity index (χ1v) is 11.3. The number of thiocarbonyl (C=S) groups is 1. The summed E-state index contributed by atoms with van der Waals surface area (Å²) in [4.78, 5) is 32.7. The number of carbonyl (C=O) groups excluding carboxylic acids is 1. The average Bonchev–Trinajstić information content (AvgIpc) is 3.03. The number of hydrogen-bond acceptors (Lipinski definition) is 6. The van der Waals surface area contributed by atoms with Crippen molar-refractivity contribution in [3.05, 3.63) is 80.9 Å². The number of anilines is 1. The molecule has 4 rings (SSSR count). The highest BCUT2D eigenvalue weighted by Gasteiger charge is 2.32. The third-order valence-electron chi connectivity index (χ3n) is 4.85. The lowest BCUT2D eigenvalue weighted by Crippen LogP contribution is -2.27. The molecule has 1 aliphatic heterocycles. The number of fused-ring (bicyclic) bond motifs is 1. The lowest BCUT2D eigenvalue weighted by molar-refractivity contribution is -0.122. The van der Waals surface area contributed by atoms with Crippen molar-refractivity contribution in [3.63, 3.8) is 0 Å². The first kappa shape index (κ1) is 22.2. The summed E-state index contributed by atoms with van der Waals surface area (Å²) in [6.45, 7) is 4.97. The Balaban J connectivity index is 1.71. The molecule has 3 aromatic rings. The molecule has 0 spiro atoms. The Morgan fingerprint density at radius 1 is 1.19 bits per heavy atom. The number of halogens is 1. The van der Waals surface area contributed by atoms with Crippen molar-refractivity contribution in [1.29, 1.82) is 0 Å². The summed E-state index contributed by atoms with van der Waals surface area (Å²) >= 11 is 6.54. The summed E-state index contributed by atoms with van der Waals surface area (Å²) < 4.78 is 15.0. The lowest BCUT2D eigenvalue weighted by atomic mass is 10.2. The van der Waals surface area contributed by atoms with Crippen molar-refractivity contribution in [2.24, 2.45) is 5.92 Å². The van der Waals surface area contributed by atoms with Gasteiger partial charge in [0.05, 0.1) is 17.0 Å². The lowest BCUT2D eigenvalue weighted by Gasteiger charge is -2.14. The maximum atomic E-state index is 13.2. The van der Waals surface area contributed by atoms with Crippen LogP contribution in [-0.4, -0.2) is 31.1 Å². The SMILES string of the molecule is CC(C)CNc1nc2ccccn2c(=O)c1/C=C1\SC(=S)N(Cc2ccc(F)cc2)C1=O. The molecular formula is C23H21FN4O2S2. The molecule has 1 aromatic carbocycles. The van der Waals surface area contributed by atoms with Crippen molar-refractivity contribution in [1.82, 2.24) is 14.3 Å². The number of nitrogens with one attached hydrogen (secondary N) is 1. The van der Waals surface area contributed by atoms with E-state index in [0.717, 1.165) is 17.3 Å². The zero-order valence-electron chi connectivity index (χ0n) is 17.5. The molecule has 0 atom stereocenters. The Bertz CT molecular complexity index is 1290. The molecule has 0 unspecified atom stereocenters. The number of rotatable bonds is 6. The Kier molecular flexibility index (Phi) is 6.38. The predicted octanol–water partition coefficient (Wildman–Crippen LogP) is 4.30. The molecule has 9 heteroatoms. The topological polar surface area (TPSA) is 66.7 Å². The number of thioether (sulfide) groups is 1. The molecular weight excluding hydrogens is 447 g/mol. The monoisotopic (exact) mass is 468 g/mol. The number of amides is 1. The van der Waals surface area contributed by atoms with Crippen LogP contribution in [0.4, 0.5) is 10.2 Å². The van der Waals surface area contributed by atoms with Gasteiger partial charge in [-0.3, -0.25) is 18.9 Å². The van der Waals surface area contributed by atoms with Gasteiger partial charge in [-0.1, -0.05) is 56.0 Å². The largest absolute Gasteiger partial charge is 0.369 e. The van der Waals surface area contributed by atoms with E-state index in [1.54, 1.807) is 36.5 Å². The first-order valence-electron chi connectivity index (χ1n) is 10.1. The molecule has 1 saturated heterocycles. The van der Waals surface area contributed by atoms with Gasteiger partial charge < -0.3 is 5.32 Å². The number of hydrogen-bond donors (Lipinski definition) is 1. The number of benzene rings is 1. The van der Waals surface area contributed by atoms with E-state index in [9.17, 15) is 14.0 Å². The van der Waals surface area contributed by atoms with Crippen LogP contribution in [0.15, 0.2) is 58.4 Å². The van der Waals surface area contributed by atoms with Crippen LogP contribution in [0.25, 0.3) is 11.7 Å². The Morgan fingerprint density at radius 2 is 1.94 bits per heavy atom. The van der Waals surface area contributed by atoms with E-state index in [2.05, 4.69) is 24.1 Å². The van der Waals surface area contributed by atoms with Crippen molar-refractivity contribution < 1.29 is 9.18 Å². The smallest absolute Gasteiger partial charge is 0.267 e. The minimum absolute atomic E-state index is 0.232. The molecule has 1 aliphatic rings. The summed E-state index contributed by atoms with van der Waals surface area (Å²) in [6, 6.07) is 11.2. The van der Waals surface area contributed by atoms with Crippen LogP contribution < -0.4 is 10.9 Å². The molecule has 1 N–H and O–H groups in total. The normalized spacial score (nSPS) is 15.4. The van der Waals surface area contributed by atoms with E-state index in [-0.39, 0.29) is 23.8 Å². The second kappa shape index (κ2) is 9.22. The van der Waals surface area contributed by atoms with E-state index in [0.29, 0.717) is 38.7 Å². The van der Waals surface area contributed by atoms with Gasteiger partial charge in [-0.15, -0.1) is 0 Å². The van der Waals surface area contributed by atoms with Crippen LogP contribution in [-0.2, 0) is 11.3 Å². The number of aromatic nitrogens is 2. The number of nitrogens with zero attached hydrogens (tertiary/aromatic N) is 3. The van der Waals surface area contributed by atoms with E-state index in [1.807, 2.05) is 6.07 Å². The third kappa shape index (κ3) is 4.58. The zero-order valence-corrected chi connectivity index (χ0v) is 19.2. The fourth-order valence-corrected chi connectivity index (χ4v) is 4.45. The summed E-state index contributed by atoms with van der Waals surface area (Å²) in [5.41, 5.74) is 1.31. The summed E-state index contributed by atoms with van der Waals surface area (Å²) in [7, 11) is 0. The van der Waals surface area contributed by atoms with E-state index < -0.39 is 0 Å². The molecule has 2 aromatic heterocycles. The zero-order chi connectivity index (χ0) is 22.8. The minimum atomic E-state index is -0.343. The summed E-state index contributed by atoms with van der Waals surface area (Å²) in [5.74, 6) is 0.132. The number of carbonyl (C=O) groups is 1. The van der Waals surface area contributed by atoms with E-state index in [4.69, 9.17) is 12.2 Å². The second-order valence-corrected chi connectivity index (χ2v) is 9.45. The molecule has 0 bridgehead atoms. The van der Waals surface area contributed by atoms with Gasteiger partial charge in [-0.2, -0.15) is 0 Å². The van der Waals surface area contributed by atoms with Gasteiger partial charge in [-0.05, 0) is 41.8 Å². The highest BCUT2D eigenvalue weighted by Crippen LogP contribution is 2.34. The van der Waals surface area contributed by atoms with Crippen LogP contribution >= 0.6 is 24.0 Å². The van der Waals surface area contributed by atoms with Crippen molar-refractivity contribution in [2.45, 2.75) is 20.4 Å². The minimum Gasteiger partial charge on any atom is -0.369 e. The highest BCUT2D eigenvalue weighted by molar-refractivity contribution is 8.26. The first-order chi connectivity index (χ1) is 15.3. The quantitative estimate of drug-likeness (QED) is 0.430.